The minimum absolute atomic E-state index is 0.0309. The molecule has 0 saturated carbocycles. The summed E-state index contributed by atoms with van der Waals surface area (Å²) in [5.74, 6) is 0.0309. The molecule has 0 aromatic carbocycles. The second kappa shape index (κ2) is 5.29. The number of thiophene rings is 1. The summed E-state index contributed by atoms with van der Waals surface area (Å²) in [6.45, 7) is 3.54. The normalized spacial score (nSPS) is 12.4. The highest BCUT2D eigenvalue weighted by Crippen LogP contribution is 2.22. The summed E-state index contributed by atoms with van der Waals surface area (Å²) in [5.41, 5.74) is 5.63. The predicted octanol–water partition coefficient (Wildman–Crippen LogP) is 2.42. The maximum atomic E-state index is 11.5. The first kappa shape index (κ1) is 11.4. The molecule has 1 rings (SSSR count). The minimum Gasteiger partial charge on any atom is -0.321 e. The van der Waals surface area contributed by atoms with Crippen LogP contribution in [-0.4, -0.2) is 11.8 Å². The van der Waals surface area contributed by atoms with Crippen molar-refractivity contribution in [1.29, 1.82) is 0 Å². The van der Waals surface area contributed by atoms with Crippen molar-refractivity contribution in [3.05, 3.63) is 34.0 Å². The van der Waals surface area contributed by atoms with E-state index in [4.69, 9.17) is 17.3 Å². The van der Waals surface area contributed by atoms with E-state index in [0.29, 0.717) is 17.2 Å². The van der Waals surface area contributed by atoms with E-state index in [2.05, 4.69) is 6.58 Å². The van der Waals surface area contributed by atoms with Gasteiger partial charge in [-0.1, -0.05) is 17.7 Å². The molecule has 0 aliphatic carbocycles. The Morgan fingerprint density at radius 1 is 1.71 bits per heavy atom. The average molecular weight is 230 g/mol. The second-order valence-corrected chi connectivity index (χ2v) is 4.78. The van der Waals surface area contributed by atoms with Crippen LogP contribution >= 0.6 is 22.9 Å². The first-order valence-corrected chi connectivity index (χ1v) is 5.46. The van der Waals surface area contributed by atoms with Gasteiger partial charge in [0.15, 0.2) is 5.78 Å². The number of nitrogens with two attached hydrogens (primary N) is 1. The van der Waals surface area contributed by atoms with Crippen LogP contribution in [0.4, 0.5) is 0 Å². The smallest absolute Gasteiger partial charge is 0.155 e. The van der Waals surface area contributed by atoms with Crippen molar-refractivity contribution in [2.24, 2.45) is 5.73 Å². The number of carbonyl (C=O) groups excluding carboxylic acids is 1. The number of hydrogen-bond acceptors (Lipinski definition) is 3. The molecule has 14 heavy (non-hydrogen) atoms. The fraction of sp³-hybridized carbons (Fsp3) is 0.300. The third kappa shape index (κ3) is 3.25. The van der Waals surface area contributed by atoms with Crippen molar-refractivity contribution < 1.29 is 4.79 Å². The Labute approximate surface area is 92.4 Å². The van der Waals surface area contributed by atoms with Gasteiger partial charge in [-0.3, -0.25) is 4.79 Å². The highest BCUT2D eigenvalue weighted by molar-refractivity contribution is 7.16. The van der Waals surface area contributed by atoms with E-state index in [1.807, 2.05) is 6.07 Å². The Balaban J connectivity index is 2.52. The Kier molecular flexibility index (Phi) is 4.32. The maximum Gasteiger partial charge on any atom is 0.155 e. The topological polar surface area (TPSA) is 43.1 Å². The molecular weight excluding hydrogens is 218 g/mol. The fourth-order valence-electron chi connectivity index (χ4n) is 1.06. The van der Waals surface area contributed by atoms with E-state index >= 15 is 0 Å². The van der Waals surface area contributed by atoms with E-state index < -0.39 is 6.04 Å². The number of hydrogen-bond donors (Lipinski definition) is 1. The van der Waals surface area contributed by atoms with Gasteiger partial charge in [0.2, 0.25) is 0 Å². The van der Waals surface area contributed by atoms with Crippen LogP contribution < -0.4 is 5.73 Å². The molecule has 0 saturated heterocycles. The van der Waals surface area contributed by atoms with Gasteiger partial charge in [-0.15, -0.1) is 17.9 Å². The molecule has 4 heteroatoms. The Hall–Kier alpha value is -0.640. The number of carbonyl (C=O) groups is 1. The molecule has 1 atom stereocenters. The minimum atomic E-state index is -0.437. The van der Waals surface area contributed by atoms with Crippen molar-refractivity contribution in [3.63, 3.8) is 0 Å². The molecule has 0 bridgehead atoms. The van der Waals surface area contributed by atoms with Crippen LogP contribution in [0.5, 0.6) is 0 Å². The van der Waals surface area contributed by atoms with Gasteiger partial charge in [-0.2, -0.15) is 0 Å². The maximum absolute atomic E-state index is 11.5. The van der Waals surface area contributed by atoms with E-state index in [9.17, 15) is 4.79 Å². The lowest BCUT2D eigenvalue weighted by Crippen LogP contribution is -2.30. The van der Waals surface area contributed by atoms with Crippen LogP contribution in [0.15, 0.2) is 24.8 Å². The summed E-state index contributed by atoms with van der Waals surface area (Å²) in [5, 5.41) is 0. The second-order valence-electron chi connectivity index (χ2n) is 2.98. The van der Waals surface area contributed by atoms with Gasteiger partial charge in [0, 0.05) is 11.3 Å². The summed E-state index contributed by atoms with van der Waals surface area (Å²) in [6, 6.07) is 3.20. The van der Waals surface area contributed by atoms with Crippen molar-refractivity contribution in [2.75, 3.05) is 0 Å². The molecule has 0 spiro atoms. The van der Waals surface area contributed by atoms with Gasteiger partial charge in [0.25, 0.3) is 0 Å². The van der Waals surface area contributed by atoms with E-state index in [1.165, 1.54) is 11.3 Å². The SMILES string of the molecule is C=CCC(N)C(=O)Cc1ccc(Cl)s1. The molecule has 1 unspecified atom stereocenters. The molecule has 2 nitrogen and oxygen atoms in total. The van der Waals surface area contributed by atoms with E-state index in [0.717, 1.165) is 4.88 Å². The van der Waals surface area contributed by atoms with Crippen molar-refractivity contribution >= 4 is 28.7 Å². The zero-order chi connectivity index (χ0) is 10.6. The molecule has 1 aromatic heterocycles. The summed E-state index contributed by atoms with van der Waals surface area (Å²) < 4.78 is 0.699. The Morgan fingerprint density at radius 2 is 2.43 bits per heavy atom. The number of Topliss-reactive ketones (excluding diaryl/α,β-unsaturated/α-hetero) is 1. The first-order chi connectivity index (χ1) is 6.63. The third-order valence-electron chi connectivity index (χ3n) is 1.81. The molecule has 1 heterocycles. The van der Waals surface area contributed by atoms with Gasteiger partial charge in [-0.05, 0) is 18.6 Å². The van der Waals surface area contributed by atoms with Gasteiger partial charge in [0.05, 0.1) is 10.4 Å². The summed E-state index contributed by atoms with van der Waals surface area (Å²) in [7, 11) is 0. The summed E-state index contributed by atoms with van der Waals surface area (Å²) in [4.78, 5) is 12.5. The monoisotopic (exact) mass is 229 g/mol. The van der Waals surface area contributed by atoms with Crippen molar-refractivity contribution in [2.45, 2.75) is 18.9 Å². The third-order valence-corrected chi connectivity index (χ3v) is 3.04. The molecule has 0 aliphatic heterocycles. The van der Waals surface area contributed by atoms with Crippen LogP contribution in [0.25, 0.3) is 0 Å². The van der Waals surface area contributed by atoms with Crippen LogP contribution in [0.1, 0.15) is 11.3 Å². The molecule has 76 valence electrons. The summed E-state index contributed by atoms with van der Waals surface area (Å²) in [6.07, 6.45) is 2.55. The van der Waals surface area contributed by atoms with Crippen molar-refractivity contribution in [1.82, 2.24) is 0 Å². The largest absolute Gasteiger partial charge is 0.321 e. The summed E-state index contributed by atoms with van der Waals surface area (Å²) >= 11 is 7.16. The molecule has 0 aliphatic rings. The lowest BCUT2D eigenvalue weighted by Gasteiger charge is -2.05. The van der Waals surface area contributed by atoms with Crippen LogP contribution in [0.3, 0.4) is 0 Å². The Morgan fingerprint density at radius 3 is 2.93 bits per heavy atom. The standard InChI is InChI=1S/C10H12ClNOS/c1-2-3-8(12)9(13)6-7-4-5-10(11)14-7/h2,4-5,8H,1,3,6,12H2. The lowest BCUT2D eigenvalue weighted by atomic mass is 10.1. The fourth-order valence-corrected chi connectivity index (χ4v) is 2.16. The van der Waals surface area contributed by atoms with Crippen LogP contribution in [-0.2, 0) is 11.2 Å². The highest BCUT2D eigenvalue weighted by atomic mass is 35.5. The molecular formula is C10H12ClNOS. The van der Waals surface area contributed by atoms with Gasteiger partial charge < -0.3 is 5.73 Å². The van der Waals surface area contributed by atoms with Gasteiger partial charge in [-0.25, -0.2) is 0 Å². The van der Waals surface area contributed by atoms with E-state index in [1.54, 1.807) is 12.1 Å². The van der Waals surface area contributed by atoms with Crippen LogP contribution in [0.2, 0.25) is 4.34 Å². The molecule has 2 N–H and O–H groups in total. The molecule has 0 amide bonds. The average Bonchev–Trinajstić information content (AvgIpc) is 2.51. The highest BCUT2D eigenvalue weighted by Gasteiger charge is 2.13. The molecule has 1 aromatic rings. The zero-order valence-corrected chi connectivity index (χ0v) is 9.27. The number of halogens is 1. The lowest BCUT2D eigenvalue weighted by molar-refractivity contribution is -0.119. The van der Waals surface area contributed by atoms with Crippen molar-refractivity contribution in [3.8, 4) is 0 Å². The quantitative estimate of drug-likeness (QED) is 0.788. The molecule has 0 fully saturated rings. The number of ketones is 1. The predicted molar refractivity (Wildman–Crippen MR) is 60.8 cm³/mol. The van der Waals surface area contributed by atoms with Gasteiger partial charge >= 0.3 is 0 Å². The molecule has 0 radical (unpaired) electrons. The Bertz CT molecular complexity index is 335. The zero-order valence-electron chi connectivity index (χ0n) is 7.70. The number of rotatable bonds is 5. The first-order valence-electron chi connectivity index (χ1n) is 4.27. The van der Waals surface area contributed by atoms with E-state index in [-0.39, 0.29) is 5.78 Å². The van der Waals surface area contributed by atoms with Gasteiger partial charge in [0.1, 0.15) is 0 Å². The van der Waals surface area contributed by atoms with Crippen LogP contribution in [0, 0.1) is 0 Å².